The van der Waals surface area contributed by atoms with Gasteiger partial charge in [-0.1, -0.05) is 19.9 Å². The van der Waals surface area contributed by atoms with Crippen molar-refractivity contribution < 1.29 is 8.78 Å². The van der Waals surface area contributed by atoms with Crippen molar-refractivity contribution in [2.45, 2.75) is 20.4 Å². The quantitative estimate of drug-likeness (QED) is 0.605. The van der Waals surface area contributed by atoms with Gasteiger partial charge in [0.25, 0.3) is 0 Å². The molecule has 0 radical (unpaired) electrons. The summed E-state index contributed by atoms with van der Waals surface area (Å²) in [7, 11) is 0. The molecule has 0 fully saturated rings. The van der Waals surface area contributed by atoms with Crippen molar-refractivity contribution in [3.8, 4) is 0 Å². The lowest BCUT2D eigenvalue weighted by Gasteiger charge is -2.24. The molecule has 0 bridgehead atoms. The maximum atomic E-state index is 13.5. The lowest BCUT2D eigenvalue weighted by molar-refractivity contribution is 0.255. The number of amidine groups is 1. The van der Waals surface area contributed by atoms with Crippen molar-refractivity contribution in [3.05, 3.63) is 35.4 Å². The Balaban J connectivity index is 2.77. The minimum Gasteiger partial charge on any atom is -0.387 e. The first-order valence-electron chi connectivity index (χ1n) is 5.94. The van der Waals surface area contributed by atoms with Crippen LogP contribution in [0.15, 0.2) is 18.2 Å². The Kier molecular flexibility index (Phi) is 5.22. The minimum atomic E-state index is -0.538. The van der Waals surface area contributed by atoms with Crippen LogP contribution in [-0.4, -0.2) is 23.8 Å². The summed E-state index contributed by atoms with van der Waals surface area (Å²) in [5, 5.41) is 7.34. The summed E-state index contributed by atoms with van der Waals surface area (Å²) in [5.41, 5.74) is 5.47. The monoisotopic (exact) mass is 255 g/mol. The number of nitrogens with two attached hydrogens (primary N) is 1. The van der Waals surface area contributed by atoms with Gasteiger partial charge in [0.05, 0.1) is 5.84 Å². The molecule has 5 heteroatoms. The first kappa shape index (κ1) is 14.6. The average Bonchev–Trinajstić information content (AvgIpc) is 2.32. The van der Waals surface area contributed by atoms with Crippen molar-refractivity contribution in [2.24, 2.45) is 11.7 Å². The third kappa shape index (κ3) is 3.77. The van der Waals surface area contributed by atoms with Crippen molar-refractivity contribution in [2.75, 3.05) is 13.1 Å². The molecular weight excluding hydrogens is 236 g/mol. The van der Waals surface area contributed by atoms with Crippen LogP contribution in [-0.2, 0) is 6.54 Å². The van der Waals surface area contributed by atoms with E-state index in [0.717, 1.165) is 0 Å². The lowest BCUT2D eigenvalue weighted by Crippen LogP contribution is -2.34. The van der Waals surface area contributed by atoms with Crippen LogP contribution in [0, 0.1) is 23.0 Å². The molecule has 0 saturated heterocycles. The Morgan fingerprint density at radius 1 is 1.39 bits per heavy atom. The average molecular weight is 255 g/mol. The summed E-state index contributed by atoms with van der Waals surface area (Å²) < 4.78 is 27.0. The van der Waals surface area contributed by atoms with Crippen LogP contribution < -0.4 is 5.73 Å². The summed E-state index contributed by atoms with van der Waals surface area (Å²) in [5.74, 6) is -1.12. The number of benzene rings is 1. The van der Waals surface area contributed by atoms with E-state index in [1.165, 1.54) is 18.2 Å². The van der Waals surface area contributed by atoms with Gasteiger partial charge in [-0.2, -0.15) is 0 Å². The highest BCUT2D eigenvalue weighted by Gasteiger charge is 2.15. The molecule has 0 spiro atoms. The molecule has 100 valence electrons. The summed E-state index contributed by atoms with van der Waals surface area (Å²) in [6.45, 7) is 5.08. The number of rotatable bonds is 6. The van der Waals surface area contributed by atoms with Crippen LogP contribution in [0.5, 0.6) is 0 Å². The molecule has 0 aliphatic carbocycles. The van der Waals surface area contributed by atoms with Gasteiger partial charge in [0.1, 0.15) is 11.6 Å². The predicted molar refractivity (Wildman–Crippen MR) is 68.4 cm³/mol. The molecule has 18 heavy (non-hydrogen) atoms. The zero-order valence-corrected chi connectivity index (χ0v) is 10.7. The molecule has 0 saturated carbocycles. The Morgan fingerprint density at radius 2 is 1.94 bits per heavy atom. The van der Waals surface area contributed by atoms with Gasteiger partial charge < -0.3 is 5.73 Å². The second kappa shape index (κ2) is 6.44. The fourth-order valence-electron chi connectivity index (χ4n) is 1.70. The van der Waals surface area contributed by atoms with Gasteiger partial charge >= 0.3 is 0 Å². The minimum absolute atomic E-state index is 0.0649. The first-order valence-corrected chi connectivity index (χ1v) is 5.94. The molecule has 1 aromatic rings. The molecule has 3 N–H and O–H groups in total. The highest BCUT2D eigenvalue weighted by atomic mass is 19.1. The van der Waals surface area contributed by atoms with E-state index in [1.807, 2.05) is 18.7 Å². The Labute approximate surface area is 106 Å². The topological polar surface area (TPSA) is 53.1 Å². The molecule has 1 atom stereocenters. The van der Waals surface area contributed by atoms with Crippen LogP contribution in [0.3, 0.4) is 0 Å². The van der Waals surface area contributed by atoms with Crippen LogP contribution >= 0.6 is 0 Å². The van der Waals surface area contributed by atoms with Gasteiger partial charge in [0, 0.05) is 24.6 Å². The SMILES string of the molecule is CCN(Cc1c(F)cccc1F)CC(C)C(=N)N. The molecule has 1 unspecified atom stereocenters. The number of nitrogens with zero attached hydrogens (tertiary/aromatic N) is 1. The zero-order chi connectivity index (χ0) is 13.7. The molecule has 0 aromatic heterocycles. The molecule has 3 nitrogen and oxygen atoms in total. The fraction of sp³-hybridized carbons (Fsp3) is 0.462. The smallest absolute Gasteiger partial charge is 0.130 e. The molecule has 1 aromatic carbocycles. The molecule has 0 heterocycles. The van der Waals surface area contributed by atoms with Gasteiger partial charge in [-0.15, -0.1) is 0 Å². The third-order valence-electron chi connectivity index (χ3n) is 2.95. The summed E-state index contributed by atoms with van der Waals surface area (Å²) in [6, 6.07) is 3.85. The van der Waals surface area contributed by atoms with Crippen LogP contribution in [0.2, 0.25) is 0 Å². The molecule has 0 aliphatic heterocycles. The van der Waals surface area contributed by atoms with E-state index < -0.39 is 11.6 Å². The van der Waals surface area contributed by atoms with Crippen molar-refractivity contribution in [1.29, 1.82) is 5.41 Å². The van der Waals surface area contributed by atoms with E-state index in [2.05, 4.69) is 0 Å². The zero-order valence-electron chi connectivity index (χ0n) is 10.7. The van der Waals surface area contributed by atoms with E-state index in [9.17, 15) is 8.78 Å². The second-order valence-electron chi connectivity index (χ2n) is 4.38. The van der Waals surface area contributed by atoms with E-state index in [0.29, 0.717) is 13.1 Å². The Hall–Kier alpha value is -1.49. The molecule has 1 rings (SSSR count). The largest absolute Gasteiger partial charge is 0.387 e. The highest BCUT2D eigenvalue weighted by Crippen LogP contribution is 2.15. The summed E-state index contributed by atoms with van der Waals surface area (Å²) in [4.78, 5) is 1.87. The maximum Gasteiger partial charge on any atom is 0.130 e. The molecule has 0 amide bonds. The second-order valence-corrected chi connectivity index (χ2v) is 4.38. The Bertz CT molecular complexity index is 400. The van der Waals surface area contributed by atoms with E-state index in [1.54, 1.807) is 0 Å². The molecular formula is C13H19F2N3. The van der Waals surface area contributed by atoms with Gasteiger partial charge in [0.2, 0.25) is 0 Å². The fourth-order valence-corrected chi connectivity index (χ4v) is 1.70. The van der Waals surface area contributed by atoms with Crippen molar-refractivity contribution >= 4 is 5.84 Å². The van der Waals surface area contributed by atoms with E-state index >= 15 is 0 Å². The first-order chi connectivity index (χ1) is 8.45. The third-order valence-corrected chi connectivity index (χ3v) is 2.95. The number of nitrogens with one attached hydrogen (secondary N) is 1. The van der Waals surface area contributed by atoms with Crippen molar-refractivity contribution in [3.63, 3.8) is 0 Å². The Morgan fingerprint density at radius 3 is 2.39 bits per heavy atom. The maximum absolute atomic E-state index is 13.5. The lowest BCUT2D eigenvalue weighted by atomic mass is 10.1. The molecule has 0 aliphatic rings. The van der Waals surface area contributed by atoms with Gasteiger partial charge in [-0.25, -0.2) is 8.78 Å². The van der Waals surface area contributed by atoms with Crippen LogP contribution in [0.25, 0.3) is 0 Å². The summed E-state index contributed by atoms with van der Waals surface area (Å²) in [6.07, 6.45) is 0. The number of hydrogen-bond donors (Lipinski definition) is 2. The van der Waals surface area contributed by atoms with Gasteiger partial charge in [-0.3, -0.25) is 10.3 Å². The van der Waals surface area contributed by atoms with E-state index in [4.69, 9.17) is 11.1 Å². The van der Waals surface area contributed by atoms with Gasteiger partial charge in [0.15, 0.2) is 0 Å². The standard InChI is InChI=1S/C13H19F2N3/c1-3-18(7-9(2)13(16)17)8-10-11(14)5-4-6-12(10)15/h4-6,9H,3,7-8H2,1-2H3,(H3,16,17). The predicted octanol–water partition coefficient (Wildman–Crippen LogP) is 2.36. The number of halogens is 2. The summed E-state index contributed by atoms with van der Waals surface area (Å²) >= 11 is 0. The van der Waals surface area contributed by atoms with Crippen LogP contribution in [0.4, 0.5) is 8.78 Å². The van der Waals surface area contributed by atoms with Crippen molar-refractivity contribution in [1.82, 2.24) is 4.90 Å². The van der Waals surface area contributed by atoms with E-state index in [-0.39, 0.29) is 23.9 Å². The van der Waals surface area contributed by atoms with Gasteiger partial charge in [-0.05, 0) is 18.7 Å². The highest BCUT2D eigenvalue weighted by molar-refractivity contribution is 5.79. The number of hydrogen-bond acceptors (Lipinski definition) is 2. The normalized spacial score (nSPS) is 12.7. The van der Waals surface area contributed by atoms with Crippen LogP contribution in [0.1, 0.15) is 19.4 Å².